The van der Waals surface area contributed by atoms with Crippen LogP contribution < -0.4 is 9.64 Å². The molecule has 1 aliphatic heterocycles. The van der Waals surface area contributed by atoms with E-state index in [1.807, 2.05) is 24.3 Å². The first-order chi connectivity index (χ1) is 12.1. The summed E-state index contributed by atoms with van der Waals surface area (Å²) >= 11 is 0. The number of benzene rings is 2. The van der Waals surface area contributed by atoms with Crippen molar-refractivity contribution in [3.63, 3.8) is 0 Å². The fourth-order valence-electron chi connectivity index (χ4n) is 3.90. The molecule has 0 spiro atoms. The molecule has 0 radical (unpaired) electrons. The number of hydrogen-bond acceptors (Lipinski definition) is 4. The van der Waals surface area contributed by atoms with Crippen molar-refractivity contribution in [3.05, 3.63) is 35.9 Å². The summed E-state index contributed by atoms with van der Waals surface area (Å²) in [6.07, 6.45) is 3.00. The van der Waals surface area contributed by atoms with E-state index in [9.17, 15) is 14.4 Å². The molecule has 1 fully saturated rings. The minimum absolute atomic E-state index is 0.0178. The molecule has 1 amide bonds. The van der Waals surface area contributed by atoms with Crippen molar-refractivity contribution in [2.75, 3.05) is 11.4 Å². The Labute approximate surface area is 145 Å². The van der Waals surface area contributed by atoms with Gasteiger partial charge in [-0.3, -0.25) is 9.59 Å². The maximum absolute atomic E-state index is 12.8. The van der Waals surface area contributed by atoms with E-state index in [0.717, 1.165) is 34.7 Å². The van der Waals surface area contributed by atoms with Crippen LogP contribution in [-0.2, 0) is 20.8 Å². The van der Waals surface area contributed by atoms with Crippen LogP contribution in [0, 0.1) is 11.8 Å². The van der Waals surface area contributed by atoms with Gasteiger partial charge in [-0.15, -0.1) is 0 Å². The summed E-state index contributed by atoms with van der Waals surface area (Å²) < 4.78 is 5.39. The average Bonchev–Trinajstić information content (AvgIpc) is 2.97. The van der Waals surface area contributed by atoms with E-state index in [4.69, 9.17) is 4.74 Å². The Morgan fingerprint density at radius 3 is 2.60 bits per heavy atom. The highest BCUT2D eigenvalue weighted by Crippen LogP contribution is 2.42. The molecule has 0 atom stereocenters. The number of aldehydes is 1. The summed E-state index contributed by atoms with van der Waals surface area (Å²) in [7, 11) is 0. The summed E-state index contributed by atoms with van der Waals surface area (Å²) in [6, 6.07) is 9.60. The number of fused-ring (bicyclic) bond motifs is 3. The maximum atomic E-state index is 12.8. The third-order valence-corrected chi connectivity index (χ3v) is 5.21. The third kappa shape index (κ3) is 2.60. The Bertz CT molecular complexity index is 883. The molecular weight excluding hydrogens is 318 g/mol. The van der Waals surface area contributed by atoms with Crippen molar-refractivity contribution >= 4 is 34.6 Å². The van der Waals surface area contributed by atoms with E-state index in [1.54, 1.807) is 11.0 Å². The molecule has 1 aliphatic carbocycles. The number of ether oxygens (including phenoxy) is 1. The number of rotatable bonds is 3. The van der Waals surface area contributed by atoms with Gasteiger partial charge in [-0.05, 0) is 30.2 Å². The highest BCUT2D eigenvalue weighted by molar-refractivity contribution is 6.04. The van der Waals surface area contributed by atoms with Crippen LogP contribution in [0.2, 0.25) is 0 Å². The van der Waals surface area contributed by atoms with Crippen molar-refractivity contribution in [2.45, 2.75) is 26.2 Å². The van der Waals surface area contributed by atoms with Gasteiger partial charge in [-0.2, -0.15) is 0 Å². The lowest BCUT2D eigenvalue weighted by Gasteiger charge is -2.33. The molecule has 128 valence electrons. The maximum Gasteiger partial charge on any atom is 0.308 e. The Morgan fingerprint density at radius 2 is 1.92 bits per heavy atom. The molecule has 0 bridgehead atoms. The first-order valence-electron chi connectivity index (χ1n) is 8.58. The zero-order chi connectivity index (χ0) is 17.6. The molecule has 0 aromatic heterocycles. The van der Waals surface area contributed by atoms with Crippen molar-refractivity contribution in [2.24, 2.45) is 11.8 Å². The summed E-state index contributed by atoms with van der Waals surface area (Å²) in [6.45, 7) is 2.00. The molecule has 0 unspecified atom stereocenters. The molecule has 1 saturated carbocycles. The Kier molecular flexibility index (Phi) is 3.79. The lowest BCUT2D eigenvalue weighted by Crippen LogP contribution is -2.41. The molecule has 25 heavy (non-hydrogen) atoms. The molecule has 5 heteroatoms. The van der Waals surface area contributed by atoms with Crippen LogP contribution in [0.3, 0.4) is 0 Å². The zero-order valence-corrected chi connectivity index (χ0v) is 14.0. The Hall–Kier alpha value is -2.69. The third-order valence-electron chi connectivity index (χ3n) is 5.21. The van der Waals surface area contributed by atoms with E-state index in [2.05, 4.69) is 0 Å². The predicted molar refractivity (Wildman–Crippen MR) is 93.6 cm³/mol. The minimum Gasteiger partial charge on any atom is -0.426 e. The summed E-state index contributed by atoms with van der Waals surface area (Å²) in [5.41, 5.74) is 1.95. The van der Waals surface area contributed by atoms with Gasteiger partial charge in [-0.25, -0.2) is 0 Å². The molecular formula is C20H19NO4. The van der Waals surface area contributed by atoms with Gasteiger partial charge in [0, 0.05) is 36.8 Å². The monoisotopic (exact) mass is 337 g/mol. The largest absolute Gasteiger partial charge is 0.426 e. The van der Waals surface area contributed by atoms with E-state index < -0.39 is 0 Å². The number of amides is 1. The fraction of sp³-hybridized carbons (Fsp3) is 0.350. The molecule has 5 nitrogen and oxygen atoms in total. The van der Waals surface area contributed by atoms with Crippen LogP contribution in [0.4, 0.5) is 5.69 Å². The van der Waals surface area contributed by atoms with Crippen LogP contribution in [-0.4, -0.2) is 24.7 Å². The van der Waals surface area contributed by atoms with Gasteiger partial charge in [0.05, 0.1) is 5.69 Å². The van der Waals surface area contributed by atoms with E-state index >= 15 is 0 Å². The number of carbonyl (C=O) groups is 3. The van der Waals surface area contributed by atoms with Crippen LogP contribution >= 0.6 is 0 Å². The molecule has 0 saturated heterocycles. The molecule has 2 aliphatic rings. The Morgan fingerprint density at radius 1 is 1.20 bits per heavy atom. The number of esters is 1. The normalized spacial score (nSPS) is 21.6. The van der Waals surface area contributed by atoms with Gasteiger partial charge in [0.15, 0.2) is 0 Å². The van der Waals surface area contributed by atoms with Gasteiger partial charge in [0.1, 0.15) is 12.0 Å². The lowest BCUT2D eigenvalue weighted by molar-refractivity contribution is -0.132. The number of carbonyl (C=O) groups excluding carboxylic acids is 3. The van der Waals surface area contributed by atoms with Gasteiger partial charge >= 0.3 is 5.97 Å². The zero-order valence-electron chi connectivity index (χ0n) is 14.0. The topological polar surface area (TPSA) is 63.7 Å². The summed E-state index contributed by atoms with van der Waals surface area (Å²) in [5, 5.41) is 1.90. The molecule has 4 rings (SSSR count). The SMILES string of the molecule is CC(=O)Oc1cc2c(c3ccccc13)CCN2C(=O)[C@H]1C[C@@H](C=O)C1. The first kappa shape index (κ1) is 15.8. The van der Waals surface area contributed by atoms with Gasteiger partial charge in [0.25, 0.3) is 0 Å². The van der Waals surface area contributed by atoms with Crippen LogP contribution in [0.1, 0.15) is 25.3 Å². The van der Waals surface area contributed by atoms with E-state index in [-0.39, 0.29) is 23.7 Å². The highest BCUT2D eigenvalue weighted by atomic mass is 16.5. The van der Waals surface area contributed by atoms with Crippen molar-refractivity contribution in [3.8, 4) is 5.75 Å². The quantitative estimate of drug-likeness (QED) is 0.491. The van der Waals surface area contributed by atoms with Crippen molar-refractivity contribution in [1.29, 1.82) is 0 Å². The van der Waals surface area contributed by atoms with Gasteiger partial charge < -0.3 is 14.4 Å². The van der Waals surface area contributed by atoms with E-state index in [0.29, 0.717) is 25.1 Å². The van der Waals surface area contributed by atoms with Gasteiger partial charge in [-0.1, -0.05) is 24.3 Å². The molecule has 1 heterocycles. The second-order valence-electron chi connectivity index (χ2n) is 6.82. The molecule has 2 aromatic rings. The van der Waals surface area contributed by atoms with Gasteiger partial charge in [0.2, 0.25) is 5.91 Å². The minimum atomic E-state index is -0.381. The first-order valence-corrected chi connectivity index (χ1v) is 8.58. The van der Waals surface area contributed by atoms with Crippen molar-refractivity contribution < 1.29 is 19.1 Å². The van der Waals surface area contributed by atoms with Crippen LogP contribution in [0.15, 0.2) is 30.3 Å². The smallest absolute Gasteiger partial charge is 0.308 e. The lowest BCUT2D eigenvalue weighted by atomic mass is 9.75. The molecule has 2 aromatic carbocycles. The van der Waals surface area contributed by atoms with E-state index in [1.165, 1.54) is 6.92 Å². The van der Waals surface area contributed by atoms with Crippen LogP contribution in [0.5, 0.6) is 5.75 Å². The summed E-state index contributed by atoms with van der Waals surface area (Å²) in [5.74, 6) is 0.115. The van der Waals surface area contributed by atoms with Crippen LogP contribution in [0.25, 0.3) is 10.8 Å². The predicted octanol–water partition coefficient (Wildman–Crippen LogP) is 2.88. The fourth-order valence-corrected chi connectivity index (χ4v) is 3.90. The number of anilines is 1. The second-order valence-corrected chi connectivity index (χ2v) is 6.82. The number of hydrogen-bond donors (Lipinski definition) is 0. The Balaban J connectivity index is 1.74. The standard InChI is InChI=1S/C20H19NO4/c1-12(23)25-19-10-18-16(15-4-2-3-5-17(15)19)6-7-21(18)20(24)14-8-13(9-14)11-22/h2-5,10-11,13-14H,6-9H2,1H3/t13-,14+. The number of nitrogens with zero attached hydrogens (tertiary/aromatic N) is 1. The molecule has 0 N–H and O–H groups in total. The summed E-state index contributed by atoms with van der Waals surface area (Å²) in [4.78, 5) is 36.9. The highest BCUT2D eigenvalue weighted by Gasteiger charge is 2.39. The van der Waals surface area contributed by atoms with Crippen molar-refractivity contribution in [1.82, 2.24) is 0 Å². The average molecular weight is 337 g/mol. The second kappa shape index (κ2) is 5.99.